The Kier molecular flexibility index (Phi) is 7.94. The van der Waals surface area contributed by atoms with Crippen molar-refractivity contribution < 1.29 is 48.4 Å². The third-order valence-corrected chi connectivity index (χ3v) is 5.91. The van der Waals surface area contributed by atoms with E-state index < -0.39 is 19.3 Å². The second-order valence-electron chi connectivity index (χ2n) is 5.17. The Bertz CT molecular complexity index is 864. The molecule has 0 spiro atoms. The maximum absolute atomic E-state index is 13.0. The van der Waals surface area contributed by atoms with Crippen molar-refractivity contribution in [1.29, 1.82) is 0 Å². The van der Waals surface area contributed by atoms with Crippen LogP contribution in [0.25, 0.3) is 11.1 Å². The summed E-state index contributed by atoms with van der Waals surface area (Å²) in [6.07, 6.45) is 0.495. The molecule has 1 heterocycles. The Labute approximate surface area is 163 Å². The summed E-state index contributed by atoms with van der Waals surface area (Å²) in [5.41, 5.74) is 1.72. The van der Waals surface area contributed by atoms with Crippen LogP contribution in [0.2, 0.25) is 0 Å². The third-order valence-electron chi connectivity index (χ3n) is 3.48. The Morgan fingerprint density at radius 1 is 1.12 bits per heavy atom. The number of carbonyl (C=O) groups excluding carboxylic acids is 1. The molecule has 1 atom stereocenters. The van der Waals surface area contributed by atoms with E-state index in [9.17, 15) is 19.3 Å². The molecule has 3 rings (SSSR count). The summed E-state index contributed by atoms with van der Waals surface area (Å²) in [7, 11) is -3.21. The van der Waals surface area contributed by atoms with E-state index in [1.807, 2.05) is 24.3 Å². The van der Waals surface area contributed by atoms with Gasteiger partial charge in [-0.25, -0.2) is 4.79 Å². The number of rotatable bonds is 4. The molecule has 0 aliphatic carbocycles. The van der Waals surface area contributed by atoms with Crippen molar-refractivity contribution in [1.82, 2.24) is 0 Å². The smallest absolute Gasteiger partial charge is 0.550 e. The van der Waals surface area contributed by atoms with Crippen molar-refractivity contribution in [3.8, 4) is 16.9 Å². The summed E-state index contributed by atoms with van der Waals surface area (Å²) in [6.45, 7) is 2.96. The van der Waals surface area contributed by atoms with Crippen LogP contribution in [0.5, 0.6) is 5.75 Å². The maximum atomic E-state index is 13.0. The van der Waals surface area contributed by atoms with Crippen LogP contribution < -0.4 is 14.9 Å². The molecule has 8 heteroatoms. The van der Waals surface area contributed by atoms with E-state index in [-0.39, 0.29) is 32.1 Å². The quantitative estimate of drug-likeness (QED) is 0.458. The predicted molar refractivity (Wildman–Crippen MR) is 92.1 cm³/mol. The molecular formula is C18H16O6PZn+. The van der Waals surface area contributed by atoms with Crippen LogP contribution in [-0.2, 0) is 33.6 Å². The van der Waals surface area contributed by atoms with Crippen LogP contribution in [0.3, 0.4) is 0 Å². The molecule has 1 N–H and O–H groups in total. The molecule has 0 fully saturated rings. The van der Waals surface area contributed by atoms with Gasteiger partial charge < -0.3 is 19.5 Å². The molecule has 1 aliphatic heterocycles. The average Bonchev–Trinajstić information content (AvgIpc) is 2.61. The number of carbonyl (C=O) groups is 2. The first-order valence-corrected chi connectivity index (χ1v) is 9.21. The van der Waals surface area contributed by atoms with Gasteiger partial charge in [-0.15, -0.1) is 0 Å². The number of carboxylic acid groups (broad SMARTS) is 2. The van der Waals surface area contributed by atoms with Crippen LogP contribution in [-0.4, -0.2) is 23.2 Å². The summed E-state index contributed by atoms with van der Waals surface area (Å²) in [5.74, 6) is -1.67. The number of carboxylic acids is 2. The topological polar surface area (TPSA) is 104 Å². The van der Waals surface area contributed by atoms with Crippen molar-refractivity contribution in [2.24, 2.45) is 0 Å². The van der Waals surface area contributed by atoms with Crippen molar-refractivity contribution in [3.05, 3.63) is 61.2 Å². The molecule has 0 amide bonds. The first kappa shape index (κ1) is 21.8. The third kappa shape index (κ3) is 5.14. The first-order valence-electron chi connectivity index (χ1n) is 7.40. The second kappa shape index (κ2) is 9.47. The van der Waals surface area contributed by atoms with Gasteiger partial charge in [-0.3, -0.25) is 4.57 Å². The van der Waals surface area contributed by atoms with Gasteiger partial charge >= 0.3 is 25.4 Å². The molecule has 0 saturated carbocycles. The van der Waals surface area contributed by atoms with Gasteiger partial charge in [0.25, 0.3) is 7.37 Å². The van der Waals surface area contributed by atoms with Gasteiger partial charge in [0, 0.05) is 23.8 Å². The Balaban J connectivity index is 0.000000501. The van der Waals surface area contributed by atoms with Crippen molar-refractivity contribution in [2.45, 2.75) is 6.42 Å². The molecular weight excluding hydrogens is 409 g/mol. The maximum Gasteiger partial charge on any atom is 2.00 e. The number of benzene rings is 2. The predicted octanol–water partition coefficient (Wildman–Crippen LogP) is 2.04. The monoisotopic (exact) mass is 423 g/mol. The van der Waals surface area contributed by atoms with Crippen LogP contribution in [0.1, 0.15) is 6.42 Å². The Morgan fingerprint density at radius 2 is 1.65 bits per heavy atom. The molecule has 2 aromatic carbocycles. The number of para-hydroxylation sites is 1. The van der Waals surface area contributed by atoms with Crippen molar-refractivity contribution in [3.63, 3.8) is 0 Å². The minimum Gasteiger partial charge on any atom is -0.550 e. The first-order chi connectivity index (χ1) is 11.9. The van der Waals surface area contributed by atoms with Crippen molar-refractivity contribution in [2.75, 3.05) is 6.16 Å². The fourth-order valence-corrected chi connectivity index (χ4v) is 4.64. The van der Waals surface area contributed by atoms with E-state index in [0.717, 1.165) is 17.2 Å². The van der Waals surface area contributed by atoms with E-state index in [4.69, 9.17) is 9.63 Å². The van der Waals surface area contributed by atoms with E-state index in [1.54, 1.807) is 24.3 Å². The molecule has 130 valence electrons. The zero-order valence-electron chi connectivity index (χ0n) is 14.0. The molecule has 2 aromatic rings. The van der Waals surface area contributed by atoms with E-state index in [1.165, 1.54) is 0 Å². The Hall–Kier alpha value is -2.23. The largest absolute Gasteiger partial charge is 2.00 e. The second-order valence-corrected chi connectivity index (χ2v) is 7.62. The molecule has 0 bridgehead atoms. The van der Waals surface area contributed by atoms with Gasteiger partial charge in [0.05, 0.1) is 5.30 Å². The van der Waals surface area contributed by atoms with Crippen LogP contribution >= 0.6 is 7.37 Å². The summed E-state index contributed by atoms with van der Waals surface area (Å²) >= 11 is 0. The van der Waals surface area contributed by atoms with Gasteiger partial charge in [-0.05, 0) is 24.1 Å². The Morgan fingerprint density at radius 3 is 2.23 bits per heavy atom. The van der Waals surface area contributed by atoms with E-state index in [2.05, 4.69) is 6.58 Å². The van der Waals surface area contributed by atoms with Crippen LogP contribution in [0, 0.1) is 0 Å². The molecule has 0 aromatic heterocycles. The standard InChI is InChI=1S/C15H13O4P.C3H4O2.Zn/c16-15(17)9-10-20(18)14-8-4-2-6-12(14)11-5-1-3-7-13(11)19-20;1-2-3(4)5;/h1-8H,9-10H2,(H,16,17);2H,1H2,(H,4,5);/q;;+2/p-1. The average molecular weight is 425 g/mol. The van der Waals surface area contributed by atoms with E-state index in [0.29, 0.717) is 11.1 Å². The number of hydrogen-bond donors (Lipinski definition) is 1. The normalized spacial score (nSPS) is 16.3. The van der Waals surface area contributed by atoms with Gasteiger partial charge in [-0.1, -0.05) is 43.0 Å². The number of fused-ring (bicyclic) bond motifs is 3. The molecule has 6 nitrogen and oxygen atoms in total. The minimum atomic E-state index is -3.21. The van der Waals surface area contributed by atoms with Gasteiger partial charge in [0.2, 0.25) is 0 Å². The SMILES string of the molecule is C=CC(=O)O.O=C([O-])CCP1(=O)Oc2ccccc2-c2ccccc21.[Zn+2]. The zero-order chi connectivity index (χ0) is 18.4. The van der Waals surface area contributed by atoms with Crippen LogP contribution in [0.4, 0.5) is 0 Å². The summed E-state index contributed by atoms with van der Waals surface area (Å²) in [6, 6.07) is 14.6. The summed E-state index contributed by atoms with van der Waals surface area (Å²) in [4.78, 5) is 19.9. The number of hydrogen-bond acceptors (Lipinski definition) is 5. The fraction of sp³-hybridized carbons (Fsp3) is 0.111. The van der Waals surface area contributed by atoms with E-state index >= 15 is 0 Å². The summed E-state index contributed by atoms with van der Waals surface area (Å²) in [5, 5.41) is 18.8. The van der Waals surface area contributed by atoms with Gasteiger partial charge in [0.15, 0.2) is 0 Å². The van der Waals surface area contributed by atoms with Crippen LogP contribution in [0.15, 0.2) is 61.2 Å². The molecule has 0 radical (unpaired) electrons. The zero-order valence-corrected chi connectivity index (χ0v) is 17.8. The number of aliphatic carboxylic acids is 2. The van der Waals surface area contributed by atoms with Gasteiger partial charge in [0.1, 0.15) is 5.75 Å². The van der Waals surface area contributed by atoms with Crippen molar-refractivity contribution >= 4 is 24.6 Å². The summed E-state index contributed by atoms with van der Waals surface area (Å²) < 4.78 is 18.7. The molecule has 0 saturated heterocycles. The molecule has 1 unspecified atom stereocenters. The molecule has 1 aliphatic rings. The fourth-order valence-electron chi connectivity index (χ4n) is 2.38. The molecule has 26 heavy (non-hydrogen) atoms. The van der Waals surface area contributed by atoms with Gasteiger partial charge in [-0.2, -0.15) is 0 Å². The minimum absolute atomic E-state index is 0.